The van der Waals surface area contributed by atoms with Gasteiger partial charge in [-0.05, 0) is 0 Å². The van der Waals surface area contributed by atoms with Crippen LogP contribution in [0.4, 0.5) is 5.13 Å². The largest absolute Gasteiger partial charge is 0.301 e. The summed E-state index contributed by atoms with van der Waals surface area (Å²) in [6.45, 7) is 2.60. The van der Waals surface area contributed by atoms with Crippen molar-refractivity contribution >= 4 is 34.4 Å². The molecule has 0 saturated carbocycles. The van der Waals surface area contributed by atoms with E-state index in [0.29, 0.717) is 5.13 Å². The molecule has 0 aliphatic carbocycles. The molecule has 0 fully saturated rings. The van der Waals surface area contributed by atoms with Crippen molar-refractivity contribution in [1.29, 1.82) is 0 Å². The van der Waals surface area contributed by atoms with Crippen molar-refractivity contribution in [3.63, 3.8) is 0 Å². The van der Waals surface area contributed by atoms with E-state index in [9.17, 15) is 14.4 Å². The predicted octanol–water partition coefficient (Wildman–Crippen LogP) is -0.298. The molecular weight excluding hydrogens is 232 g/mol. The first-order valence-corrected chi connectivity index (χ1v) is 5.15. The van der Waals surface area contributed by atoms with Gasteiger partial charge in [-0.15, -0.1) is 0 Å². The highest BCUT2D eigenvalue weighted by Gasteiger charge is 2.10. The summed E-state index contributed by atoms with van der Waals surface area (Å²) in [5, 5.41) is 4.88. The molecule has 0 unspecified atom stereocenters. The molecule has 0 radical (unpaired) electrons. The summed E-state index contributed by atoms with van der Waals surface area (Å²) in [5.74, 6) is -0.884. The first-order chi connectivity index (χ1) is 7.47. The average molecular weight is 242 g/mol. The molecule has 7 nitrogen and oxygen atoms in total. The molecule has 1 aromatic heterocycles. The molecule has 0 aliphatic rings. The number of carbonyl (C=O) groups is 3. The Hall–Kier alpha value is -1.83. The summed E-state index contributed by atoms with van der Waals surface area (Å²) in [6, 6.07) is 0. The fraction of sp³-hybridized carbons (Fsp3) is 0.375. The number of hydrogen-bond acceptors (Lipinski definition) is 6. The number of amides is 3. The van der Waals surface area contributed by atoms with Gasteiger partial charge in [0.05, 0.1) is 6.42 Å². The maximum absolute atomic E-state index is 11.2. The van der Waals surface area contributed by atoms with E-state index in [1.807, 2.05) is 0 Å². The summed E-state index contributed by atoms with van der Waals surface area (Å²) in [4.78, 5) is 36.3. The highest BCUT2D eigenvalue weighted by atomic mass is 32.1. The van der Waals surface area contributed by atoms with E-state index in [2.05, 4.69) is 20.0 Å². The van der Waals surface area contributed by atoms with E-state index in [1.165, 1.54) is 13.8 Å². The van der Waals surface area contributed by atoms with E-state index in [-0.39, 0.29) is 18.2 Å². The third-order valence-corrected chi connectivity index (χ3v) is 2.05. The van der Waals surface area contributed by atoms with E-state index in [4.69, 9.17) is 0 Å². The Balaban J connectivity index is 2.55. The van der Waals surface area contributed by atoms with Gasteiger partial charge in [-0.2, -0.15) is 4.37 Å². The summed E-state index contributed by atoms with van der Waals surface area (Å²) in [7, 11) is 0. The van der Waals surface area contributed by atoms with Gasteiger partial charge in [-0.1, -0.05) is 0 Å². The lowest BCUT2D eigenvalue weighted by Crippen LogP contribution is -2.29. The van der Waals surface area contributed by atoms with Crippen molar-refractivity contribution in [2.45, 2.75) is 20.3 Å². The number of hydrogen-bond donors (Lipinski definition) is 2. The molecule has 8 heteroatoms. The zero-order valence-corrected chi connectivity index (χ0v) is 9.55. The number of nitrogens with zero attached hydrogens (tertiary/aromatic N) is 2. The lowest BCUT2D eigenvalue weighted by atomic mass is 10.4. The topological polar surface area (TPSA) is 101 Å². The van der Waals surface area contributed by atoms with Crippen LogP contribution >= 0.6 is 11.5 Å². The summed E-state index contributed by atoms with van der Waals surface area (Å²) >= 11 is 0.981. The molecule has 0 saturated heterocycles. The van der Waals surface area contributed by atoms with Crippen LogP contribution in [0.15, 0.2) is 0 Å². The second-order valence-electron chi connectivity index (χ2n) is 2.98. The molecule has 0 aromatic carbocycles. The first kappa shape index (κ1) is 12.2. The Labute approximate surface area is 95.4 Å². The Bertz CT molecular complexity index is 429. The third-order valence-electron chi connectivity index (χ3n) is 1.39. The van der Waals surface area contributed by atoms with E-state index in [0.717, 1.165) is 11.5 Å². The van der Waals surface area contributed by atoms with Crippen molar-refractivity contribution in [3.05, 3.63) is 5.82 Å². The van der Waals surface area contributed by atoms with Gasteiger partial charge in [0, 0.05) is 25.4 Å². The maximum Gasteiger partial charge on any atom is 0.234 e. The second kappa shape index (κ2) is 5.31. The van der Waals surface area contributed by atoms with Crippen molar-refractivity contribution in [2.75, 3.05) is 5.32 Å². The first-order valence-electron chi connectivity index (χ1n) is 4.38. The van der Waals surface area contributed by atoms with Gasteiger partial charge in [-0.25, -0.2) is 4.98 Å². The number of anilines is 1. The number of rotatable bonds is 3. The molecule has 0 spiro atoms. The van der Waals surface area contributed by atoms with Gasteiger partial charge in [0.2, 0.25) is 22.9 Å². The SMILES string of the molecule is CC(=O)NC(=O)Cc1nsc(NC(C)=O)n1. The number of carbonyl (C=O) groups excluding carboxylic acids is 3. The molecular formula is C8H10N4O3S. The fourth-order valence-electron chi connectivity index (χ4n) is 0.911. The normalized spacial score (nSPS) is 9.62. The monoisotopic (exact) mass is 242 g/mol. The van der Waals surface area contributed by atoms with Gasteiger partial charge < -0.3 is 5.32 Å². The van der Waals surface area contributed by atoms with Crippen LogP contribution in [0, 0.1) is 0 Å². The third kappa shape index (κ3) is 4.13. The number of imide groups is 1. The van der Waals surface area contributed by atoms with Gasteiger partial charge in [-0.3, -0.25) is 19.7 Å². The summed E-state index contributed by atoms with van der Waals surface area (Å²) in [6.07, 6.45) is -0.0876. The standard InChI is InChI=1S/C8H10N4O3S/c1-4(13)9-7(15)3-6-11-8(16-12-6)10-5(2)14/h3H2,1-2H3,(H,9,13,15)(H,10,11,12,14). The summed E-state index contributed by atoms with van der Waals surface area (Å²) < 4.78 is 3.86. The van der Waals surface area contributed by atoms with Crippen LogP contribution in [0.25, 0.3) is 0 Å². The lowest BCUT2D eigenvalue weighted by molar-refractivity contribution is -0.128. The highest BCUT2D eigenvalue weighted by molar-refractivity contribution is 7.09. The van der Waals surface area contributed by atoms with Gasteiger partial charge in [0.1, 0.15) is 0 Å². The van der Waals surface area contributed by atoms with E-state index >= 15 is 0 Å². The molecule has 3 amide bonds. The quantitative estimate of drug-likeness (QED) is 0.758. The van der Waals surface area contributed by atoms with Crippen LogP contribution < -0.4 is 10.6 Å². The fourth-order valence-corrected chi connectivity index (χ4v) is 1.54. The molecule has 0 bridgehead atoms. The smallest absolute Gasteiger partial charge is 0.234 e. The Kier molecular flexibility index (Phi) is 4.06. The Morgan fingerprint density at radius 2 is 1.94 bits per heavy atom. The molecule has 2 N–H and O–H groups in total. The van der Waals surface area contributed by atoms with Crippen LogP contribution in [0.3, 0.4) is 0 Å². The highest BCUT2D eigenvalue weighted by Crippen LogP contribution is 2.10. The van der Waals surface area contributed by atoms with E-state index in [1.54, 1.807) is 0 Å². The summed E-state index contributed by atoms with van der Waals surface area (Å²) in [5.41, 5.74) is 0. The Morgan fingerprint density at radius 1 is 1.25 bits per heavy atom. The number of nitrogens with one attached hydrogen (secondary N) is 2. The van der Waals surface area contributed by atoms with E-state index < -0.39 is 11.8 Å². The van der Waals surface area contributed by atoms with Crippen LogP contribution in [0.1, 0.15) is 19.7 Å². The van der Waals surface area contributed by atoms with Crippen LogP contribution in [0.2, 0.25) is 0 Å². The average Bonchev–Trinajstić information content (AvgIpc) is 2.49. The molecule has 16 heavy (non-hydrogen) atoms. The molecule has 0 atom stereocenters. The zero-order chi connectivity index (χ0) is 12.1. The van der Waals surface area contributed by atoms with Crippen LogP contribution in [-0.4, -0.2) is 27.1 Å². The van der Waals surface area contributed by atoms with Crippen molar-refractivity contribution < 1.29 is 14.4 Å². The molecule has 86 valence electrons. The lowest BCUT2D eigenvalue weighted by Gasteiger charge is -1.96. The zero-order valence-electron chi connectivity index (χ0n) is 8.73. The van der Waals surface area contributed by atoms with Gasteiger partial charge >= 0.3 is 0 Å². The van der Waals surface area contributed by atoms with Crippen LogP contribution in [-0.2, 0) is 20.8 Å². The number of aromatic nitrogens is 2. The minimum Gasteiger partial charge on any atom is -0.301 e. The minimum atomic E-state index is -0.473. The molecule has 1 heterocycles. The van der Waals surface area contributed by atoms with Crippen molar-refractivity contribution in [1.82, 2.24) is 14.7 Å². The second-order valence-corrected chi connectivity index (χ2v) is 3.73. The Morgan fingerprint density at radius 3 is 2.50 bits per heavy atom. The molecule has 1 aromatic rings. The van der Waals surface area contributed by atoms with Crippen molar-refractivity contribution in [2.24, 2.45) is 0 Å². The van der Waals surface area contributed by atoms with Crippen LogP contribution in [0.5, 0.6) is 0 Å². The minimum absolute atomic E-state index is 0.0876. The maximum atomic E-state index is 11.2. The van der Waals surface area contributed by atoms with Crippen molar-refractivity contribution in [3.8, 4) is 0 Å². The molecule has 1 rings (SSSR count). The van der Waals surface area contributed by atoms with Gasteiger partial charge in [0.15, 0.2) is 5.82 Å². The molecule has 0 aliphatic heterocycles. The predicted molar refractivity (Wildman–Crippen MR) is 56.7 cm³/mol. The van der Waals surface area contributed by atoms with Gasteiger partial charge in [0.25, 0.3) is 0 Å².